The highest BCUT2D eigenvalue weighted by molar-refractivity contribution is 7.45. The molecule has 0 aromatic carbocycles. The lowest BCUT2D eigenvalue weighted by molar-refractivity contribution is -0.870. The third-order valence-corrected chi connectivity index (χ3v) is 5.84. The van der Waals surface area contributed by atoms with Crippen molar-refractivity contribution >= 4 is 19.8 Å². The van der Waals surface area contributed by atoms with Crippen molar-refractivity contribution in [3.8, 4) is 0 Å². The number of quaternary nitrogens is 1. The number of phosphoric ester groups is 1. The zero-order valence-electron chi connectivity index (χ0n) is 21.3. The Balaban J connectivity index is 4.62. The summed E-state index contributed by atoms with van der Waals surface area (Å²) in [5.41, 5.74) is 0. The molecule has 1 unspecified atom stereocenters. The van der Waals surface area contributed by atoms with Crippen molar-refractivity contribution in [3.05, 3.63) is 0 Å². The predicted molar refractivity (Wildman–Crippen MR) is 125 cm³/mol. The van der Waals surface area contributed by atoms with Crippen LogP contribution in [-0.2, 0) is 32.7 Å². The lowest BCUT2D eigenvalue weighted by Gasteiger charge is -2.28. The molecule has 0 saturated carbocycles. The first kappa shape index (κ1) is 32.0. The fourth-order valence-electron chi connectivity index (χ4n) is 2.83. The highest BCUT2D eigenvalue weighted by Gasteiger charge is 2.21. The summed E-state index contributed by atoms with van der Waals surface area (Å²) in [5, 5.41) is 0. The van der Waals surface area contributed by atoms with Crippen LogP contribution in [0.3, 0.4) is 0 Å². The molecule has 0 bridgehead atoms. The second-order valence-corrected chi connectivity index (χ2v) is 10.8. The minimum absolute atomic E-state index is 0.0286. The van der Waals surface area contributed by atoms with Crippen LogP contribution in [0, 0.1) is 0 Å². The number of hydrogen-bond acceptors (Lipinski definition) is 8. The number of likely N-dealkylation sites (N-methyl/N-ethyl adjacent to an activating group) is 1. The topological polar surface area (TPSA) is 111 Å². The molecule has 33 heavy (non-hydrogen) atoms. The van der Waals surface area contributed by atoms with E-state index in [0.717, 1.165) is 51.4 Å². The molecule has 0 aliphatic rings. The van der Waals surface area contributed by atoms with E-state index < -0.39 is 32.5 Å². The van der Waals surface area contributed by atoms with Crippen LogP contribution in [0.2, 0.25) is 0 Å². The van der Waals surface area contributed by atoms with E-state index in [-0.39, 0.29) is 26.1 Å². The fourth-order valence-corrected chi connectivity index (χ4v) is 3.55. The van der Waals surface area contributed by atoms with Crippen molar-refractivity contribution in [3.63, 3.8) is 0 Å². The molecule has 0 amide bonds. The quantitative estimate of drug-likeness (QED) is 0.102. The molecule has 10 heteroatoms. The minimum atomic E-state index is -4.57. The average molecular weight is 496 g/mol. The SMILES string of the molecule is CCCCCCCC(=O)OC[C@H](COP(=O)([O-])OCC[N+](C)(C)C)OC(=O)CCCCCC. The molecule has 0 N–H and O–H groups in total. The van der Waals surface area contributed by atoms with Gasteiger partial charge in [-0.2, -0.15) is 0 Å². The van der Waals surface area contributed by atoms with Gasteiger partial charge in [-0.1, -0.05) is 58.8 Å². The molecular weight excluding hydrogens is 449 g/mol. The Morgan fingerprint density at radius 1 is 0.818 bits per heavy atom. The molecule has 0 heterocycles. The van der Waals surface area contributed by atoms with Crippen LogP contribution in [0.5, 0.6) is 0 Å². The molecular formula is C23H46NO8P. The molecule has 0 radical (unpaired) electrons. The number of rotatable bonds is 21. The molecule has 0 aromatic heterocycles. The van der Waals surface area contributed by atoms with E-state index in [2.05, 4.69) is 13.8 Å². The second kappa shape index (κ2) is 18.4. The van der Waals surface area contributed by atoms with E-state index in [0.29, 0.717) is 17.4 Å². The summed E-state index contributed by atoms with van der Waals surface area (Å²) in [6.45, 7) is 3.93. The van der Waals surface area contributed by atoms with Gasteiger partial charge in [-0.15, -0.1) is 0 Å². The van der Waals surface area contributed by atoms with Gasteiger partial charge in [-0.25, -0.2) is 0 Å². The second-order valence-electron chi connectivity index (χ2n) is 9.36. The molecule has 0 aliphatic carbocycles. The number of carbonyl (C=O) groups excluding carboxylic acids is 2. The van der Waals surface area contributed by atoms with Crippen LogP contribution in [0.4, 0.5) is 0 Å². The van der Waals surface area contributed by atoms with Crippen LogP contribution in [0.25, 0.3) is 0 Å². The molecule has 0 aliphatic heterocycles. The molecule has 0 spiro atoms. The summed E-state index contributed by atoms with van der Waals surface area (Å²) in [7, 11) is 1.16. The first-order valence-electron chi connectivity index (χ1n) is 12.2. The van der Waals surface area contributed by atoms with E-state index in [1.54, 1.807) is 0 Å². The Labute approximate surface area is 200 Å². The average Bonchev–Trinajstić information content (AvgIpc) is 2.72. The molecule has 0 saturated heterocycles. The largest absolute Gasteiger partial charge is 0.756 e. The first-order chi connectivity index (χ1) is 15.5. The Kier molecular flexibility index (Phi) is 17.8. The first-order valence-corrected chi connectivity index (χ1v) is 13.7. The Hall–Kier alpha value is -0.990. The van der Waals surface area contributed by atoms with E-state index in [9.17, 15) is 19.0 Å². The lowest BCUT2D eigenvalue weighted by atomic mass is 10.1. The third-order valence-electron chi connectivity index (χ3n) is 4.88. The number of unbranched alkanes of at least 4 members (excludes halogenated alkanes) is 7. The van der Waals surface area contributed by atoms with Gasteiger partial charge in [-0.3, -0.25) is 14.2 Å². The van der Waals surface area contributed by atoms with E-state index in [4.69, 9.17) is 18.5 Å². The van der Waals surface area contributed by atoms with Crippen LogP contribution < -0.4 is 4.89 Å². The van der Waals surface area contributed by atoms with Gasteiger partial charge in [0.15, 0.2) is 6.10 Å². The normalized spacial score (nSPS) is 14.5. The highest BCUT2D eigenvalue weighted by atomic mass is 31.2. The number of carbonyl (C=O) groups is 2. The maximum atomic E-state index is 12.1. The summed E-state index contributed by atoms with van der Waals surface area (Å²) in [5.74, 6) is -0.873. The van der Waals surface area contributed by atoms with Crippen LogP contribution in [-0.4, -0.2) is 70.0 Å². The van der Waals surface area contributed by atoms with Gasteiger partial charge >= 0.3 is 11.9 Å². The monoisotopic (exact) mass is 495 g/mol. The number of phosphoric acid groups is 1. The lowest BCUT2D eigenvalue weighted by Crippen LogP contribution is -2.37. The molecule has 0 fully saturated rings. The number of esters is 2. The van der Waals surface area contributed by atoms with E-state index >= 15 is 0 Å². The number of nitrogens with zero attached hydrogens (tertiary/aromatic N) is 1. The van der Waals surface area contributed by atoms with E-state index in [1.807, 2.05) is 21.1 Å². The molecule has 0 rings (SSSR count). The Bertz CT molecular complexity index is 579. The van der Waals surface area contributed by atoms with Crippen LogP contribution in [0.1, 0.15) is 84.5 Å². The van der Waals surface area contributed by atoms with Crippen LogP contribution >= 0.6 is 7.82 Å². The summed E-state index contributed by atoms with van der Waals surface area (Å²) in [6.07, 6.45) is 8.16. The summed E-state index contributed by atoms with van der Waals surface area (Å²) in [6, 6.07) is 0. The standard InChI is InChI=1S/C23H46NO8P/c1-6-8-10-12-14-15-22(25)29-19-21(32-23(26)16-13-11-9-7-2)20-31-33(27,28)30-18-17-24(3,4)5/h21H,6-20H2,1-5H3/t21-/m1/s1. The van der Waals surface area contributed by atoms with Crippen molar-refractivity contribution < 1.29 is 42.1 Å². The van der Waals surface area contributed by atoms with Crippen molar-refractivity contribution in [1.29, 1.82) is 0 Å². The molecule has 9 nitrogen and oxygen atoms in total. The third kappa shape index (κ3) is 21.3. The van der Waals surface area contributed by atoms with E-state index in [1.165, 1.54) is 0 Å². The summed E-state index contributed by atoms with van der Waals surface area (Å²) >= 11 is 0. The van der Waals surface area contributed by atoms with Gasteiger partial charge in [0.1, 0.15) is 19.8 Å². The van der Waals surface area contributed by atoms with Crippen LogP contribution in [0.15, 0.2) is 0 Å². The van der Waals surface area contributed by atoms with Crippen molar-refractivity contribution in [1.82, 2.24) is 0 Å². The zero-order valence-corrected chi connectivity index (χ0v) is 22.2. The Morgan fingerprint density at radius 2 is 1.36 bits per heavy atom. The number of ether oxygens (including phenoxy) is 2. The summed E-state index contributed by atoms with van der Waals surface area (Å²) in [4.78, 5) is 36.2. The summed E-state index contributed by atoms with van der Waals surface area (Å²) < 4.78 is 32.9. The fraction of sp³-hybridized carbons (Fsp3) is 0.913. The van der Waals surface area contributed by atoms with Gasteiger partial charge < -0.3 is 27.9 Å². The van der Waals surface area contributed by atoms with Crippen molar-refractivity contribution in [2.24, 2.45) is 0 Å². The van der Waals surface area contributed by atoms with Crippen molar-refractivity contribution in [2.45, 2.75) is 90.6 Å². The molecule has 196 valence electrons. The van der Waals surface area contributed by atoms with Gasteiger partial charge in [-0.05, 0) is 12.8 Å². The number of hydrogen-bond donors (Lipinski definition) is 0. The maximum absolute atomic E-state index is 12.1. The Morgan fingerprint density at radius 3 is 1.94 bits per heavy atom. The minimum Gasteiger partial charge on any atom is -0.756 e. The maximum Gasteiger partial charge on any atom is 0.306 e. The van der Waals surface area contributed by atoms with Crippen molar-refractivity contribution in [2.75, 3.05) is 47.5 Å². The van der Waals surface area contributed by atoms with Gasteiger partial charge in [0.2, 0.25) is 0 Å². The van der Waals surface area contributed by atoms with Gasteiger partial charge in [0, 0.05) is 12.8 Å². The van der Waals surface area contributed by atoms with Gasteiger partial charge in [0.05, 0.1) is 27.7 Å². The molecule has 2 atom stereocenters. The molecule has 0 aromatic rings. The smallest absolute Gasteiger partial charge is 0.306 e. The predicted octanol–water partition coefficient (Wildman–Crippen LogP) is 3.98. The zero-order chi connectivity index (χ0) is 25.2. The highest BCUT2D eigenvalue weighted by Crippen LogP contribution is 2.38. The van der Waals surface area contributed by atoms with Gasteiger partial charge in [0.25, 0.3) is 7.82 Å².